The molecular weight excluding hydrogens is 450 g/mol. The summed E-state index contributed by atoms with van der Waals surface area (Å²) >= 11 is 0. The van der Waals surface area contributed by atoms with Crippen LogP contribution in [0.15, 0.2) is 47.3 Å². The Labute approximate surface area is 200 Å². The van der Waals surface area contributed by atoms with Gasteiger partial charge in [-0.25, -0.2) is 9.59 Å². The SMILES string of the molecule is CN1C(=O)NC(=O)[C@]12Cc1ccc(NC(=O)Cn3c(=O)n(C4CCOC4)c4ccccc43)cc1C2. The van der Waals surface area contributed by atoms with Crippen LogP contribution in [0, 0.1) is 0 Å². The lowest BCUT2D eigenvalue weighted by Gasteiger charge is -2.27. The van der Waals surface area contributed by atoms with Crippen molar-refractivity contribution in [3.63, 3.8) is 0 Å². The van der Waals surface area contributed by atoms with Gasteiger partial charge in [0.15, 0.2) is 0 Å². The highest BCUT2D eigenvalue weighted by Gasteiger charge is 2.54. The number of fused-ring (bicyclic) bond motifs is 2. The van der Waals surface area contributed by atoms with Gasteiger partial charge in [0, 0.05) is 32.2 Å². The van der Waals surface area contributed by atoms with E-state index in [1.165, 1.54) is 9.47 Å². The number of rotatable bonds is 4. The molecule has 0 radical (unpaired) electrons. The maximum absolute atomic E-state index is 13.3. The standard InChI is InChI=1S/C25H25N5O5/c1-28-23(33)27-22(32)25(28)11-15-6-7-17(10-16(15)12-25)26-21(31)13-29-19-4-2-3-5-20(19)30(24(29)34)18-8-9-35-14-18/h2-7,10,18H,8-9,11-14H2,1H3,(H,26,31)(H,27,32,33)/t18?,25-/m1/s1. The number of urea groups is 1. The first-order valence-electron chi connectivity index (χ1n) is 11.7. The number of likely N-dealkylation sites (N-methyl/N-ethyl adjacent to an activating group) is 1. The van der Waals surface area contributed by atoms with Crippen molar-refractivity contribution >= 4 is 34.6 Å². The third-order valence-corrected chi connectivity index (χ3v) is 7.49. The van der Waals surface area contributed by atoms with E-state index in [0.717, 1.165) is 23.1 Å². The molecule has 35 heavy (non-hydrogen) atoms. The van der Waals surface area contributed by atoms with Crippen molar-refractivity contribution < 1.29 is 19.1 Å². The van der Waals surface area contributed by atoms with E-state index in [1.807, 2.05) is 36.4 Å². The highest BCUT2D eigenvalue weighted by atomic mass is 16.5. The van der Waals surface area contributed by atoms with Gasteiger partial charge in [-0.3, -0.25) is 24.0 Å². The molecule has 2 fully saturated rings. The van der Waals surface area contributed by atoms with Crippen LogP contribution in [-0.2, 0) is 33.7 Å². The van der Waals surface area contributed by atoms with Crippen molar-refractivity contribution in [1.82, 2.24) is 19.4 Å². The van der Waals surface area contributed by atoms with Crippen LogP contribution >= 0.6 is 0 Å². The normalized spacial score (nSPS) is 23.3. The third kappa shape index (κ3) is 3.28. The minimum absolute atomic E-state index is 0.0430. The summed E-state index contributed by atoms with van der Waals surface area (Å²) < 4.78 is 8.71. The summed E-state index contributed by atoms with van der Waals surface area (Å²) in [6.45, 7) is 0.971. The molecule has 0 saturated carbocycles. The van der Waals surface area contributed by atoms with Crippen LogP contribution in [0.25, 0.3) is 11.0 Å². The number of anilines is 1. The molecule has 1 spiro atoms. The number of benzene rings is 2. The molecule has 2 N–H and O–H groups in total. The molecule has 0 bridgehead atoms. The Kier molecular flexibility index (Phi) is 4.82. The zero-order valence-electron chi connectivity index (χ0n) is 19.2. The number of carbonyl (C=O) groups is 3. The van der Waals surface area contributed by atoms with E-state index in [1.54, 1.807) is 17.7 Å². The van der Waals surface area contributed by atoms with Gasteiger partial charge in [-0.2, -0.15) is 0 Å². The third-order valence-electron chi connectivity index (χ3n) is 7.49. The molecular formula is C25H25N5O5. The van der Waals surface area contributed by atoms with E-state index in [4.69, 9.17) is 4.74 Å². The van der Waals surface area contributed by atoms with Gasteiger partial charge in [0.05, 0.1) is 23.7 Å². The van der Waals surface area contributed by atoms with Gasteiger partial charge in [0.2, 0.25) is 5.91 Å². The maximum Gasteiger partial charge on any atom is 0.329 e. The number of ether oxygens (including phenoxy) is 1. The Hall–Kier alpha value is -3.92. The van der Waals surface area contributed by atoms with E-state index in [9.17, 15) is 19.2 Å². The largest absolute Gasteiger partial charge is 0.379 e. The molecule has 3 heterocycles. The highest BCUT2D eigenvalue weighted by Crippen LogP contribution is 2.38. The van der Waals surface area contributed by atoms with E-state index in [2.05, 4.69) is 10.6 Å². The van der Waals surface area contributed by atoms with Crippen LogP contribution in [0.2, 0.25) is 0 Å². The van der Waals surface area contributed by atoms with E-state index in [0.29, 0.717) is 37.3 Å². The zero-order valence-corrected chi connectivity index (χ0v) is 19.2. The summed E-state index contributed by atoms with van der Waals surface area (Å²) in [4.78, 5) is 52.2. The summed E-state index contributed by atoms with van der Waals surface area (Å²) in [6, 6.07) is 12.5. The van der Waals surface area contributed by atoms with E-state index < -0.39 is 11.6 Å². The predicted octanol–water partition coefficient (Wildman–Crippen LogP) is 1.42. The summed E-state index contributed by atoms with van der Waals surface area (Å²) in [5, 5.41) is 5.27. The number of imidazole rings is 1. The number of para-hydroxylation sites is 2. The molecule has 1 unspecified atom stereocenters. The van der Waals surface area contributed by atoms with Crippen molar-refractivity contribution in [2.75, 3.05) is 25.6 Å². The molecule has 2 atom stereocenters. The number of hydrogen-bond acceptors (Lipinski definition) is 5. The van der Waals surface area contributed by atoms with Crippen LogP contribution in [0.1, 0.15) is 23.6 Å². The number of nitrogens with one attached hydrogen (secondary N) is 2. The van der Waals surface area contributed by atoms with Gasteiger partial charge in [0.25, 0.3) is 5.91 Å². The topological polar surface area (TPSA) is 115 Å². The zero-order chi connectivity index (χ0) is 24.3. The average Bonchev–Trinajstić information content (AvgIpc) is 3.59. The average molecular weight is 476 g/mol. The quantitative estimate of drug-likeness (QED) is 0.554. The molecule has 1 aromatic heterocycles. The summed E-state index contributed by atoms with van der Waals surface area (Å²) in [5.41, 5.74) is 2.81. The number of nitrogens with zero attached hydrogens (tertiary/aromatic N) is 3. The Morgan fingerprint density at radius 1 is 1.11 bits per heavy atom. The van der Waals surface area contributed by atoms with Gasteiger partial charge in [-0.05, 0) is 41.8 Å². The molecule has 6 rings (SSSR count). The van der Waals surface area contributed by atoms with Gasteiger partial charge < -0.3 is 15.0 Å². The van der Waals surface area contributed by atoms with Gasteiger partial charge in [-0.1, -0.05) is 18.2 Å². The predicted molar refractivity (Wildman–Crippen MR) is 127 cm³/mol. The van der Waals surface area contributed by atoms with Gasteiger partial charge in [0.1, 0.15) is 12.1 Å². The van der Waals surface area contributed by atoms with Crippen LogP contribution < -0.4 is 16.3 Å². The molecule has 3 aliphatic rings. The smallest absolute Gasteiger partial charge is 0.329 e. The number of carbonyl (C=O) groups excluding carboxylic acids is 3. The summed E-state index contributed by atoms with van der Waals surface area (Å²) in [5.74, 6) is -0.619. The van der Waals surface area contributed by atoms with Crippen LogP contribution in [0.4, 0.5) is 10.5 Å². The van der Waals surface area contributed by atoms with Crippen molar-refractivity contribution in [3.05, 3.63) is 64.1 Å². The molecule has 2 saturated heterocycles. The highest BCUT2D eigenvalue weighted by molar-refractivity contribution is 6.07. The lowest BCUT2D eigenvalue weighted by molar-refractivity contribution is -0.125. The van der Waals surface area contributed by atoms with Gasteiger partial charge >= 0.3 is 11.7 Å². The first kappa shape index (κ1) is 21.6. The van der Waals surface area contributed by atoms with E-state index in [-0.39, 0.29) is 30.1 Å². The second-order valence-electron chi connectivity index (χ2n) is 9.48. The Morgan fingerprint density at radius 3 is 2.60 bits per heavy atom. The van der Waals surface area contributed by atoms with E-state index >= 15 is 0 Å². The lowest BCUT2D eigenvalue weighted by atomic mass is 9.95. The molecule has 2 aromatic carbocycles. The second kappa shape index (κ2) is 7.81. The molecule has 180 valence electrons. The summed E-state index contributed by atoms with van der Waals surface area (Å²) in [7, 11) is 1.63. The fraction of sp³-hybridized carbons (Fsp3) is 0.360. The Balaban J connectivity index is 1.24. The maximum atomic E-state index is 13.3. The van der Waals surface area contributed by atoms with Crippen molar-refractivity contribution in [3.8, 4) is 0 Å². The Morgan fingerprint density at radius 2 is 1.89 bits per heavy atom. The molecule has 10 heteroatoms. The Bertz CT molecular complexity index is 1450. The fourth-order valence-corrected chi connectivity index (χ4v) is 5.58. The fourth-order valence-electron chi connectivity index (χ4n) is 5.58. The minimum Gasteiger partial charge on any atom is -0.379 e. The lowest BCUT2D eigenvalue weighted by Crippen LogP contribution is -2.48. The number of hydrogen-bond donors (Lipinski definition) is 2. The monoisotopic (exact) mass is 475 g/mol. The van der Waals surface area contributed by atoms with Crippen LogP contribution in [-0.4, -0.2) is 57.7 Å². The van der Waals surface area contributed by atoms with Gasteiger partial charge in [-0.15, -0.1) is 0 Å². The number of aromatic nitrogens is 2. The number of amides is 4. The number of imide groups is 1. The first-order chi connectivity index (χ1) is 16.9. The van der Waals surface area contributed by atoms with Crippen LogP contribution in [0.3, 0.4) is 0 Å². The molecule has 3 aromatic rings. The summed E-state index contributed by atoms with van der Waals surface area (Å²) in [6.07, 6.45) is 1.58. The van der Waals surface area contributed by atoms with Crippen molar-refractivity contribution in [2.24, 2.45) is 0 Å². The van der Waals surface area contributed by atoms with Crippen LogP contribution in [0.5, 0.6) is 0 Å². The molecule has 10 nitrogen and oxygen atoms in total. The van der Waals surface area contributed by atoms with Crippen molar-refractivity contribution in [1.29, 1.82) is 0 Å². The molecule has 4 amide bonds. The van der Waals surface area contributed by atoms with Crippen molar-refractivity contribution in [2.45, 2.75) is 37.4 Å². The minimum atomic E-state index is -0.916. The molecule has 2 aliphatic heterocycles. The second-order valence-corrected chi connectivity index (χ2v) is 9.48. The first-order valence-corrected chi connectivity index (χ1v) is 11.7. The molecule has 1 aliphatic carbocycles.